The van der Waals surface area contributed by atoms with E-state index in [1.165, 1.54) is 0 Å². The van der Waals surface area contributed by atoms with Gasteiger partial charge >= 0.3 is 0 Å². The summed E-state index contributed by atoms with van der Waals surface area (Å²) >= 11 is 0. The number of aromatic nitrogens is 3. The summed E-state index contributed by atoms with van der Waals surface area (Å²) in [6.45, 7) is 6.74. The predicted octanol–water partition coefficient (Wildman–Crippen LogP) is -1.86. The van der Waals surface area contributed by atoms with E-state index in [2.05, 4.69) is 45.7 Å². The molecule has 0 saturated carbocycles. The quantitative estimate of drug-likeness (QED) is 0.0592. The predicted molar refractivity (Wildman–Crippen MR) is 166 cm³/mol. The zero-order valence-corrected chi connectivity index (χ0v) is 24.0. The summed E-state index contributed by atoms with van der Waals surface area (Å²) < 4.78 is 0. The number of hydrogen-bond donors (Lipinski definition) is 8. The number of hydrazone groups is 2. The molecule has 0 amide bonds. The van der Waals surface area contributed by atoms with Crippen molar-refractivity contribution in [2.75, 3.05) is 39.3 Å². The molecule has 16 nitrogen and oxygen atoms in total. The van der Waals surface area contributed by atoms with Crippen molar-refractivity contribution in [3.63, 3.8) is 0 Å². The molecule has 1 aliphatic rings. The summed E-state index contributed by atoms with van der Waals surface area (Å²) in [4.78, 5) is 21.1. The molecule has 3 aromatic rings. The second kappa shape index (κ2) is 15.5. The first-order valence-electron chi connectivity index (χ1n) is 13.8. The summed E-state index contributed by atoms with van der Waals surface area (Å²) in [5.74, 6) is 22.4. The lowest BCUT2D eigenvalue weighted by Gasteiger charge is -2.25. The van der Waals surface area contributed by atoms with Crippen LogP contribution in [-0.2, 0) is 19.6 Å². The largest absolute Gasteiger partial charge is 0.380 e. The van der Waals surface area contributed by atoms with Gasteiger partial charge in [0.1, 0.15) is 17.1 Å². The van der Waals surface area contributed by atoms with E-state index < -0.39 is 0 Å². The van der Waals surface area contributed by atoms with Gasteiger partial charge in [-0.25, -0.2) is 26.6 Å². The monoisotopic (exact) mass is 588 g/mol. The number of hydrazine groups is 2. The van der Waals surface area contributed by atoms with Crippen LogP contribution in [0.4, 0.5) is 0 Å². The van der Waals surface area contributed by atoms with Crippen LogP contribution in [0.2, 0.25) is 0 Å². The van der Waals surface area contributed by atoms with Crippen LogP contribution in [0, 0.1) is 5.41 Å². The molecule has 0 aromatic carbocycles. The molecule has 0 aliphatic carbocycles. The Bertz CT molecular complexity index is 1420. The van der Waals surface area contributed by atoms with Gasteiger partial charge in [0.2, 0.25) is 0 Å². The van der Waals surface area contributed by atoms with Gasteiger partial charge in [0.15, 0.2) is 17.5 Å². The van der Waals surface area contributed by atoms with Gasteiger partial charge < -0.3 is 28.3 Å². The molecule has 43 heavy (non-hydrogen) atoms. The number of hydrogen-bond acceptors (Lipinski definition) is 13. The SMILES string of the molecule is N=C(NN)c1cccc(CN2CCN(Cc3cccc(/C(N)=N/N)n3)CCN(Cc3cccc(/C(=N/N)NN)n3)CC2)n1. The van der Waals surface area contributed by atoms with E-state index in [4.69, 9.17) is 39.5 Å². The Hall–Kier alpha value is -4.74. The molecule has 0 bridgehead atoms. The third kappa shape index (κ3) is 8.87. The van der Waals surface area contributed by atoms with Gasteiger partial charge in [0, 0.05) is 58.9 Å². The molecule has 228 valence electrons. The first-order chi connectivity index (χ1) is 20.9. The van der Waals surface area contributed by atoms with Crippen LogP contribution in [0.1, 0.15) is 34.2 Å². The van der Waals surface area contributed by atoms with E-state index in [0.29, 0.717) is 42.6 Å². The third-order valence-corrected chi connectivity index (χ3v) is 7.08. The number of nitrogens with two attached hydrogens (primary N) is 5. The summed E-state index contributed by atoms with van der Waals surface area (Å²) in [7, 11) is 0. The van der Waals surface area contributed by atoms with Gasteiger partial charge in [0.05, 0.1) is 17.1 Å². The van der Waals surface area contributed by atoms with Crippen LogP contribution in [0.3, 0.4) is 0 Å². The first-order valence-corrected chi connectivity index (χ1v) is 13.8. The maximum absolute atomic E-state index is 7.99. The average Bonchev–Trinajstić information content (AvgIpc) is 3.12. The highest BCUT2D eigenvalue weighted by atomic mass is 15.3. The van der Waals surface area contributed by atoms with Gasteiger partial charge in [0.25, 0.3) is 0 Å². The summed E-state index contributed by atoms with van der Waals surface area (Å²) in [6, 6.07) is 17.0. The molecule has 0 radical (unpaired) electrons. The van der Waals surface area contributed by atoms with Gasteiger partial charge in [-0.2, -0.15) is 10.2 Å². The summed E-state index contributed by atoms with van der Waals surface area (Å²) in [5.41, 5.74) is 15.0. The van der Waals surface area contributed by atoms with Crippen LogP contribution in [0.25, 0.3) is 0 Å². The van der Waals surface area contributed by atoms with Crippen molar-refractivity contribution in [1.82, 2.24) is 40.5 Å². The summed E-state index contributed by atoms with van der Waals surface area (Å²) in [5, 5.41) is 15.3. The molecule has 0 spiro atoms. The smallest absolute Gasteiger partial charge is 0.185 e. The summed E-state index contributed by atoms with van der Waals surface area (Å²) in [6.07, 6.45) is 0. The van der Waals surface area contributed by atoms with E-state index in [9.17, 15) is 0 Å². The minimum Gasteiger partial charge on any atom is -0.380 e. The van der Waals surface area contributed by atoms with Crippen molar-refractivity contribution >= 4 is 17.5 Å². The highest BCUT2D eigenvalue weighted by Crippen LogP contribution is 2.12. The van der Waals surface area contributed by atoms with Crippen molar-refractivity contribution in [2.45, 2.75) is 19.6 Å². The van der Waals surface area contributed by atoms with E-state index >= 15 is 0 Å². The molecule has 0 unspecified atom stereocenters. The molecule has 4 heterocycles. The molecular weight excluding hydrogens is 548 g/mol. The normalized spacial score (nSPS) is 16.2. The van der Waals surface area contributed by atoms with Gasteiger partial charge in [-0.3, -0.25) is 20.1 Å². The number of pyridine rings is 3. The second-order valence-corrected chi connectivity index (χ2v) is 10.0. The van der Waals surface area contributed by atoms with Crippen LogP contribution in [-0.4, -0.2) is 86.4 Å². The third-order valence-electron chi connectivity index (χ3n) is 7.08. The van der Waals surface area contributed by atoms with Crippen LogP contribution >= 0.6 is 0 Å². The second-order valence-electron chi connectivity index (χ2n) is 10.0. The van der Waals surface area contributed by atoms with Crippen LogP contribution in [0.15, 0.2) is 64.8 Å². The lowest BCUT2D eigenvalue weighted by molar-refractivity contribution is 0.207. The van der Waals surface area contributed by atoms with Crippen LogP contribution < -0.4 is 40.0 Å². The molecule has 3 aromatic heterocycles. The number of nitrogens with one attached hydrogen (secondary N) is 3. The fourth-order valence-electron chi connectivity index (χ4n) is 4.78. The van der Waals surface area contributed by atoms with Gasteiger partial charge in [-0.15, -0.1) is 0 Å². The topological polar surface area (TPSA) is 251 Å². The fourth-order valence-corrected chi connectivity index (χ4v) is 4.78. The van der Waals surface area contributed by atoms with E-state index in [1.54, 1.807) is 18.2 Å². The van der Waals surface area contributed by atoms with Crippen molar-refractivity contribution < 1.29 is 0 Å². The Morgan fingerprint density at radius 2 is 1.07 bits per heavy atom. The fraction of sp³-hybridized carbons (Fsp3) is 0.333. The van der Waals surface area contributed by atoms with Crippen molar-refractivity contribution in [1.29, 1.82) is 5.41 Å². The van der Waals surface area contributed by atoms with E-state index in [-0.39, 0.29) is 11.7 Å². The minimum absolute atomic E-state index is 0.0705. The Kier molecular flexibility index (Phi) is 11.2. The standard InChI is InChI=1S/C27H40N16/c28-25(37-30)22-7-1-4-19(34-22)16-41-10-11-42(17-20-5-2-8-23(35-20)26(29)38-31)13-15-43(14-12-41)18-21-6-3-9-24(36-21)27(39-32)40-33/h1-9H,10-18,30-33H2,(H2,28,37)(H2,29,38)(H,39,40). The number of amidine groups is 3. The molecule has 1 fully saturated rings. The van der Waals surface area contributed by atoms with Crippen molar-refractivity contribution in [3.8, 4) is 0 Å². The Morgan fingerprint density at radius 3 is 1.49 bits per heavy atom. The Balaban J connectivity index is 1.54. The van der Waals surface area contributed by atoms with Crippen molar-refractivity contribution in [3.05, 3.63) is 88.8 Å². The first kappa shape index (κ1) is 31.2. The number of nitrogens with zero attached hydrogens (tertiary/aromatic N) is 8. The van der Waals surface area contributed by atoms with Crippen molar-refractivity contribution in [2.24, 2.45) is 39.3 Å². The molecule has 16 heteroatoms. The van der Waals surface area contributed by atoms with Crippen LogP contribution in [0.5, 0.6) is 0 Å². The average molecular weight is 589 g/mol. The van der Waals surface area contributed by atoms with Gasteiger partial charge in [-0.1, -0.05) is 18.2 Å². The lowest BCUT2D eigenvalue weighted by atomic mass is 10.2. The zero-order chi connectivity index (χ0) is 30.6. The Labute approximate surface area is 250 Å². The Morgan fingerprint density at radius 1 is 0.651 bits per heavy atom. The van der Waals surface area contributed by atoms with E-state index in [1.807, 2.05) is 36.4 Å². The zero-order valence-electron chi connectivity index (χ0n) is 24.0. The highest BCUT2D eigenvalue weighted by Gasteiger charge is 2.19. The molecule has 1 saturated heterocycles. The molecular formula is C27H40N16. The highest BCUT2D eigenvalue weighted by molar-refractivity contribution is 5.96. The minimum atomic E-state index is 0.0705. The molecule has 0 atom stereocenters. The lowest BCUT2D eigenvalue weighted by Crippen LogP contribution is -2.36. The maximum Gasteiger partial charge on any atom is 0.185 e. The van der Waals surface area contributed by atoms with Gasteiger partial charge in [-0.05, 0) is 36.4 Å². The van der Waals surface area contributed by atoms with E-state index in [0.717, 1.165) is 56.4 Å². The molecule has 13 N–H and O–H groups in total. The molecule has 4 rings (SSSR count). The molecule has 1 aliphatic heterocycles. The maximum atomic E-state index is 7.99. The number of rotatable bonds is 9.